The van der Waals surface area contributed by atoms with Crippen molar-refractivity contribution in [2.24, 2.45) is 5.73 Å². The summed E-state index contributed by atoms with van der Waals surface area (Å²) in [4.78, 5) is 0. The standard InChI is InChI=1S/C9H7BrClN/c1-2-9(12)7-4-3-6(11)5-8(7)10/h1,3-5,9H,12H2. The van der Waals surface area contributed by atoms with Crippen LogP contribution in [0.25, 0.3) is 0 Å². The highest BCUT2D eigenvalue weighted by molar-refractivity contribution is 9.10. The van der Waals surface area contributed by atoms with Gasteiger partial charge in [0.1, 0.15) is 0 Å². The van der Waals surface area contributed by atoms with Crippen molar-refractivity contribution in [1.29, 1.82) is 0 Å². The van der Waals surface area contributed by atoms with Crippen LogP contribution in [0.15, 0.2) is 22.7 Å². The molecule has 0 aliphatic carbocycles. The number of nitrogens with two attached hydrogens (primary N) is 1. The molecule has 62 valence electrons. The van der Waals surface area contributed by atoms with Crippen molar-refractivity contribution in [3.8, 4) is 12.3 Å². The minimum atomic E-state index is -0.378. The molecule has 0 radical (unpaired) electrons. The van der Waals surface area contributed by atoms with Crippen LogP contribution in [-0.2, 0) is 0 Å². The van der Waals surface area contributed by atoms with Crippen LogP contribution in [0.5, 0.6) is 0 Å². The zero-order chi connectivity index (χ0) is 9.14. The first-order valence-electron chi connectivity index (χ1n) is 3.32. The van der Waals surface area contributed by atoms with Gasteiger partial charge in [0.05, 0.1) is 6.04 Å². The lowest BCUT2D eigenvalue weighted by atomic mass is 10.1. The minimum Gasteiger partial charge on any atom is -0.314 e. The van der Waals surface area contributed by atoms with Gasteiger partial charge < -0.3 is 5.73 Å². The summed E-state index contributed by atoms with van der Waals surface area (Å²) in [5.41, 5.74) is 6.51. The Balaban J connectivity index is 3.11. The first-order valence-corrected chi connectivity index (χ1v) is 4.49. The van der Waals surface area contributed by atoms with Gasteiger partial charge in [-0.05, 0) is 17.7 Å². The van der Waals surface area contributed by atoms with Crippen LogP contribution < -0.4 is 5.73 Å². The second-order valence-electron chi connectivity index (χ2n) is 2.31. The quantitative estimate of drug-likeness (QED) is 0.755. The molecule has 12 heavy (non-hydrogen) atoms. The zero-order valence-electron chi connectivity index (χ0n) is 6.22. The molecule has 1 aromatic rings. The summed E-state index contributed by atoms with van der Waals surface area (Å²) < 4.78 is 0.848. The normalized spacial score (nSPS) is 12.2. The van der Waals surface area contributed by atoms with Gasteiger partial charge in [-0.3, -0.25) is 0 Å². The second kappa shape index (κ2) is 3.95. The molecule has 1 aromatic carbocycles. The average Bonchev–Trinajstić information content (AvgIpc) is 2.03. The van der Waals surface area contributed by atoms with Crippen molar-refractivity contribution in [3.63, 3.8) is 0 Å². The van der Waals surface area contributed by atoms with Gasteiger partial charge in [-0.25, -0.2) is 0 Å². The van der Waals surface area contributed by atoms with Crippen LogP contribution in [0.2, 0.25) is 5.02 Å². The van der Waals surface area contributed by atoms with Crippen LogP contribution in [0.3, 0.4) is 0 Å². The fraction of sp³-hybridized carbons (Fsp3) is 0.111. The number of hydrogen-bond donors (Lipinski definition) is 1. The van der Waals surface area contributed by atoms with E-state index in [1.165, 1.54) is 0 Å². The van der Waals surface area contributed by atoms with Gasteiger partial charge in [0.25, 0.3) is 0 Å². The van der Waals surface area contributed by atoms with E-state index in [4.69, 9.17) is 23.8 Å². The van der Waals surface area contributed by atoms with E-state index in [1.807, 2.05) is 6.07 Å². The summed E-state index contributed by atoms with van der Waals surface area (Å²) >= 11 is 9.07. The maximum absolute atomic E-state index is 5.74. The van der Waals surface area contributed by atoms with Crippen molar-refractivity contribution in [2.75, 3.05) is 0 Å². The van der Waals surface area contributed by atoms with Gasteiger partial charge in [0, 0.05) is 9.50 Å². The van der Waals surface area contributed by atoms with E-state index in [0.29, 0.717) is 5.02 Å². The van der Waals surface area contributed by atoms with Gasteiger partial charge in [0.15, 0.2) is 0 Å². The summed E-state index contributed by atoms with van der Waals surface area (Å²) in [6.07, 6.45) is 5.18. The molecule has 0 bridgehead atoms. The molecule has 3 heteroatoms. The molecule has 0 saturated carbocycles. The topological polar surface area (TPSA) is 26.0 Å². The molecule has 0 aliphatic rings. The summed E-state index contributed by atoms with van der Waals surface area (Å²) in [6.45, 7) is 0. The second-order valence-corrected chi connectivity index (χ2v) is 3.60. The molecule has 0 saturated heterocycles. The van der Waals surface area contributed by atoms with Gasteiger partial charge in [-0.2, -0.15) is 0 Å². The molecular formula is C9H7BrClN. The first-order chi connectivity index (χ1) is 5.65. The zero-order valence-corrected chi connectivity index (χ0v) is 8.56. The molecule has 1 atom stereocenters. The molecular weight excluding hydrogens is 237 g/mol. The molecule has 0 fully saturated rings. The van der Waals surface area contributed by atoms with Crippen molar-refractivity contribution < 1.29 is 0 Å². The summed E-state index contributed by atoms with van der Waals surface area (Å²) in [7, 11) is 0. The number of terminal acetylenes is 1. The van der Waals surface area contributed by atoms with E-state index >= 15 is 0 Å². The van der Waals surface area contributed by atoms with E-state index in [0.717, 1.165) is 10.0 Å². The Labute approximate surface area is 85.0 Å². The molecule has 1 unspecified atom stereocenters. The van der Waals surface area contributed by atoms with Crippen molar-refractivity contribution >= 4 is 27.5 Å². The van der Waals surface area contributed by atoms with Gasteiger partial charge in [-0.15, -0.1) is 6.42 Å². The molecule has 2 N–H and O–H groups in total. The average molecular weight is 245 g/mol. The lowest BCUT2D eigenvalue weighted by Gasteiger charge is -2.06. The lowest BCUT2D eigenvalue weighted by Crippen LogP contribution is -2.07. The Morgan fingerprint density at radius 2 is 2.25 bits per heavy atom. The number of rotatable bonds is 1. The number of benzene rings is 1. The highest BCUT2D eigenvalue weighted by Crippen LogP contribution is 2.25. The largest absolute Gasteiger partial charge is 0.314 e. The van der Waals surface area contributed by atoms with Crippen LogP contribution >= 0.6 is 27.5 Å². The fourth-order valence-corrected chi connectivity index (χ4v) is 1.77. The van der Waals surface area contributed by atoms with E-state index < -0.39 is 0 Å². The molecule has 1 nitrogen and oxygen atoms in total. The molecule has 0 amide bonds. The predicted molar refractivity (Wildman–Crippen MR) is 54.9 cm³/mol. The molecule has 0 aliphatic heterocycles. The summed E-state index contributed by atoms with van der Waals surface area (Å²) in [5, 5.41) is 0.662. The van der Waals surface area contributed by atoms with E-state index in [2.05, 4.69) is 21.9 Å². The molecule has 0 heterocycles. The van der Waals surface area contributed by atoms with Gasteiger partial charge in [-0.1, -0.05) is 39.5 Å². The van der Waals surface area contributed by atoms with Crippen LogP contribution in [0.4, 0.5) is 0 Å². The Morgan fingerprint density at radius 3 is 2.75 bits per heavy atom. The highest BCUT2D eigenvalue weighted by Gasteiger charge is 2.06. The Bertz CT molecular complexity index is 330. The minimum absolute atomic E-state index is 0.378. The Morgan fingerprint density at radius 1 is 1.58 bits per heavy atom. The maximum Gasteiger partial charge on any atom is 0.0929 e. The summed E-state index contributed by atoms with van der Waals surface area (Å²) in [5.74, 6) is 2.45. The molecule has 0 aromatic heterocycles. The number of hydrogen-bond acceptors (Lipinski definition) is 1. The van der Waals surface area contributed by atoms with Crippen LogP contribution in [-0.4, -0.2) is 0 Å². The van der Waals surface area contributed by atoms with Crippen LogP contribution in [0, 0.1) is 12.3 Å². The fourth-order valence-electron chi connectivity index (χ4n) is 0.844. The summed E-state index contributed by atoms with van der Waals surface area (Å²) in [6, 6.07) is 4.97. The maximum atomic E-state index is 5.74. The van der Waals surface area contributed by atoms with Gasteiger partial charge in [0.2, 0.25) is 0 Å². The number of halogens is 2. The van der Waals surface area contributed by atoms with Crippen molar-refractivity contribution in [3.05, 3.63) is 33.3 Å². The molecule has 1 rings (SSSR count). The van der Waals surface area contributed by atoms with E-state index in [-0.39, 0.29) is 6.04 Å². The Kier molecular flexibility index (Phi) is 3.16. The third-order valence-electron chi connectivity index (χ3n) is 1.48. The Hall–Kier alpha value is -0.490. The van der Waals surface area contributed by atoms with Crippen molar-refractivity contribution in [1.82, 2.24) is 0 Å². The first kappa shape index (κ1) is 9.60. The monoisotopic (exact) mass is 243 g/mol. The van der Waals surface area contributed by atoms with Gasteiger partial charge >= 0.3 is 0 Å². The third-order valence-corrected chi connectivity index (χ3v) is 2.40. The van der Waals surface area contributed by atoms with Crippen molar-refractivity contribution in [2.45, 2.75) is 6.04 Å². The lowest BCUT2D eigenvalue weighted by molar-refractivity contribution is 0.939. The predicted octanol–water partition coefficient (Wildman–Crippen LogP) is 2.74. The van der Waals surface area contributed by atoms with Crippen LogP contribution in [0.1, 0.15) is 11.6 Å². The van der Waals surface area contributed by atoms with E-state index in [1.54, 1.807) is 12.1 Å². The molecule has 0 spiro atoms. The SMILES string of the molecule is C#CC(N)c1ccc(Cl)cc1Br. The van der Waals surface area contributed by atoms with E-state index in [9.17, 15) is 0 Å². The smallest absolute Gasteiger partial charge is 0.0929 e. The third kappa shape index (κ3) is 2.01. The highest BCUT2D eigenvalue weighted by atomic mass is 79.9.